The quantitative estimate of drug-likeness (QED) is 0.394. The Balaban J connectivity index is -0.0000000133. The summed E-state index contributed by atoms with van der Waals surface area (Å²) in [5, 5.41) is 0. The summed E-state index contributed by atoms with van der Waals surface area (Å²) in [5.74, 6) is 0. The lowest BCUT2D eigenvalue weighted by Crippen LogP contribution is -0.856. The Bertz CT molecular complexity index is 3.61. The fraction of sp³-hybridized carbons (Fsp3) is 1.00. The van der Waals surface area contributed by atoms with E-state index in [4.69, 9.17) is 0 Å². The molecule has 31 valence electrons. The predicted molar refractivity (Wildman–Crippen MR) is 28.4 cm³/mol. The number of rotatable bonds is 0. The van der Waals surface area contributed by atoms with Gasteiger partial charge in [0.2, 0.25) is 0 Å². The van der Waals surface area contributed by atoms with Gasteiger partial charge in [-0.25, -0.2) is 0 Å². The van der Waals surface area contributed by atoms with Crippen LogP contribution < -0.4 is 0 Å². The Morgan fingerprint density at radius 2 is 0.600 bits per heavy atom. The Morgan fingerprint density at radius 3 is 0.600 bits per heavy atom. The smallest absolute Gasteiger partial charge is 0 e. The van der Waals surface area contributed by atoms with Crippen molar-refractivity contribution in [3.63, 3.8) is 0 Å². The van der Waals surface area contributed by atoms with Crippen LogP contribution >= 0.6 is 0 Å². The average molecular weight is 87.1 g/mol. The zero-order chi connectivity index (χ0) is 4.00. The van der Waals surface area contributed by atoms with Crippen LogP contribution in [0.25, 0.3) is 0 Å². The van der Waals surface area contributed by atoms with E-state index in [0.29, 0.717) is 0 Å². The van der Waals surface area contributed by atoms with E-state index in [-0.39, 0.29) is 17.4 Å². The van der Waals surface area contributed by atoms with Crippen LogP contribution in [0.5, 0.6) is 0 Å². The first-order valence-corrected chi connectivity index (χ1v) is 2.00. The lowest BCUT2D eigenvalue weighted by Gasteiger charge is -1.07. The molecule has 0 bridgehead atoms. The van der Waals surface area contributed by atoms with Crippen molar-refractivity contribution in [3.8, 4) is 0 Å². The minimum atomic E-state index is 0. The molecular weight excluding hydrogens is 75.0 g/mol. The molecular formula is C4H12Al. The molecule has 0 aliphatic rings. The normalized spacial score (nSPS) is 2.40. The van der Waals surface area contributed by atoms with Crippen LogP contribution in [0.3, 0.4) is 0 Å². The molecule has 0 aliphatic heterocycles. The largest absolute Gasteiger partial charge is 0.0683 e. The summed E-state index contributed by atoms with van der Waals surface area (Å²) in [4.78, 5) is 0. The first-order valence-electron chi connectivity index (χ1n) is 2.00. The van der Waals surface area contributed by atoms with Crippen LogP contribution in [0.1, 0.15) is 27.7 Å². The molecule has 0 aromatic rings. The van der Waals surface area contributed by atoms with Crippen molar-refractivity contribution >= 4 is 17.4 Å². The highest BCUT2D eigenvalue weighted by Gasteiger charge is 0.934. The van der Waals surface area contributed by atoms with Gasteiger partial charge in [-0.15, -0.1) is 0 Å². The van der Waals surface area contributed by atoms with E-state index in [1.165, 1.54) is 0 Å². The Morgan fingerprint density at radius 1 is 0.600 bits per heavy atom. The lowest BCUT2D eigenvalue weighted by atomic mass is 11.0. The van der Waals surface area contributed by atoms with E-state index in [0.717, 1.165) is 0 Å². The molecule has 0 aromatic heterocycles. The van der Waals surface area contributed by atoms with Gasteiger partial charge < -0.3 is 0 Å². The van der Waals surface area contributed by atoms with Crippen molar-refractivity contribution < 1.29 is 0 Å². The number of hydrogen-bond donors (Lipinski definition) is 0. The van der Waals surface area contributed by atoms with Gasteiger partial charge in [-0.2, -0.15) is 0 Å². The molecule has 0 spiro atoms. The van der Waals surface area contributed by atoms with Gasteiger partial charge in [0.1, 0.15) is 0 Å². The lowest BCUT2D eigenvalue weighted by molar-refractivity contribution is 1.50. The molecule has 0 aromatic carbocycles. The Hall–Kier alpha value is 0.532. The molecule has 0 saturated heterocycles. The molecule has 0 saturated carbocycles. The van der Waals surface area contributed by atoms with Crippen LogP contribution in [0, 0.1) is 0 Å². The van der Waals surface area contributed by atoms with E-state index >= 15 is 0 Å². The highest BCUT2D eigenvalue weighted by molar-refractivity contribution is 5.75. The summed E-state index contributed by atoms with van der Waals surface area (Å²) in [6.07, 6.45) is 0. The second-order valence-corrected chi connectivity index (χ2v) is 0. The maximum Gasteiger partial charge on any atom is 0 e. The molecule has 0 nitrogen and oxygen atoms in total. The van der Waals surface area contributed by atoms with Crippen LogP contribution in [-0.4, -0.2) is 17.4 Å². The Kier molecular flexibility index (Phi) is 707. The van der Waals surface area contributed by atoms with Gasteiger partial charge in [0.05, 0.1) is 0 Å². The summed E-state index contributed by atoms with van der Waals surface area (Å²) in [6, 6.07) is 0. The fourth-order valence-electron chi connectivity index (χ4n) is 0. The molecule has 0 heterocycles. The van der Waals surface area contributed by atoms with E-state index in [9.17, 15) is 0 Å². The van der Waals surface area contributed by atoms with E-state index < -0.39 is 0 Å². The summed E-state index contributed by atoms with van der Waals surface area (Å²) in [5.41, 5.74) is 0. The fourth-order valence-corrected chi connectivity index (χ4v) is 0. The van der Waals surface area contributed by atoms with Crippen molar-refractivity contribution in [2.24, 2.45) is 0 Å². The molecule has 0 amide bonds. The van der Waals surface area contributed by atoms with Crippen molar-refractivity contribution in [3.05, 3.63) is 0 Å². The van der Waals surface area contributed by atoms with E-state index in [1.54, 1.807) is 0 Å². The average Bonchev–Trinajstić information content (AvgIpc) is 1.50. The summed E-state index contributed by atoms with van der Waals surface area (Å²) < 4.78 is 0. The molecule has 0 fully saturated rings. The highest BCUT2D eigenvalue weighted by Crippen LogP contribution is 1.15. The second kappa shape index (κ2) is 199. The predicted octanol–water partition coefficient (Wildman–Crippen LogP) is 1.67. The molecule has 0 N–H and O–H groups in total. The van der Waals surface area contributed by atoms with Gasteiger partial charge in [0, 0.05) is 17.4 Å². The van der Waals surface area contributed by atoms with Gasteiger partial charge in [0.25, 0.3) is 0 Å². The molecule has 3 radical (unpaired) electrons. The summed E-state index contributed by atoms with van der Waals surface area (Å²) in [7, 11) is 0. The topological polar surface area (TPSA) is 0 Å². The molecule has 0 atom stereocenters. The number of hydrogen-bond acceptors (Lipinski definition) is 0. The second-order valence-electron chi connectivity index (χ2n) is 0. The van der Waals surface area contributed by atoms with Crippen LogP contribution in [-0.2, 0) is 0 Å². The monoisotopic (exact) mass is 87.1 g/mol. The molecule has 5 heavy (non-hydrogen) atoms. The van der Waals surface area contributed by atoms with E-state index in [1.807, 2.05) is 27.7 Å². The standard InChI is InChI=1S/2C2H6.Al/c2*1-2;/h2*1-2H3;. The van der Waals surface area contributed by atoms with Crippen LogP contribution in [0.15, 0.2) is 0 Å². The van der Waals surface area contributed by atoms with Gasteiger partial charge in [-0.3, -0.25) is 0 Å². The first-order chi connectivity index (χ1) is 2.00. The third-order valence-electron chi connectivity index (χ3n) is 0. The molecule has 1 heteroatoms. The molecule has 0 aliphatic carbocycles. The zero-order valence-electron chi connectivity index (χ0n) is 4.58. The maximum absolute atomic E-state index is 2.00. The first kappa shape index (κ1) is 17.7. The molecule has 0 rings (SSSR count). The van der Waals surface area contributed by atoms with Gasteiger partial charge >= 0.3 is 0 Å². The third-order valence-corrected chi connectivity index (χ3v) is 0. The van der Waals surface area contributed by atoms with Gasteiger partial charge in [-0.1, -0.05) is 27.7 Å². The minimum Gasteiger partial charge on any atom is -0.0683 e. The Labute approximate surface area is 45.7 Å². The maximum atomic E-state index is 2.00. The zero-order valence-corrected chi connectivity index (χ0v) is 5.73. The van der Waals surface area contributed by atoms with Crippen molar-refractivity contribution in [1.29, 1.82) is 0 Å². The summed E-state index contributed by atoms with van der Waals surface area (Å²) >= 11 is 0. The highest BCUT2D eigenvalue weighted by atomic mass is 27.0. The van der Waals surface area contributed by atoms with E-state index in [2.05, 4.69) is 0 Å². The van der Waals surface area contributed by atoms with Crippen molar-refractivity contribution in [1.82, 2.24) is 0 Å². The molecule has 0 unspecified atom stereocenters. The van der Waals surface area contributed by atoms with Crippen molar-refractivity contribution in [2.75, 3.05) is 0 Å². The van der Waals surface area contributed by atoms with Crippen LogP contribution in [0.2, 0.25) is 0 Å². The van der Waals surface area contributed by atoms with Gasteiger partial charge in [0.15, 0.2) is 0 Å². The van der Waals surface area contributed by atoms with Crippen molar-refractivity contribution in [2.45, 2.75) is 27.7 Å². The summed E-state index contributed by atoms with van der Waals surface area (Å²) in [6.45, 7) is 8.00. The third kappa shape index (κ3) is 103. The SMILES string of the molecule is CC.CC.[Al]. The van der Waals surface area contributed by atoms with Gasteiger partial charge in [-0.05, 0) is 0 Å². The van der Waals surface area contributed by atoms with Crippen LogP contribution in [0.4, 0.5) is 0 Å². The minimum absolute atomic E-state index is 0.